The van der Waals surface area contributed by atoms with Crippen molar-refractivity contribution >= 4 is 17.5 Å². The van der Waals surface area contributed by atoms with Crippen molar-refractivity contribution in [3.8, 4) is 0 Å². The first-order chi connectivity index (χ1) is 8.49. The van der Waals surface area contributed by atoms with Crippen molar-refractivity contribution in [3.63, 3.8) is 0 Å². The van der Waals surface area contributed by atoms with Gasteiger partial charge >= 0.3 is 0 Å². The summed E-state index contributed by atoms with van der Waals surface area (Å²) in [5, 5.41) is 6.79. The fourth-order valence-electron chi connectivity index (χ4n) is 1.50. The molecule has 100 valence electrons. The quantitative estimate of drug-likeness (QED) is 0.833. The first-order valence-electron chi connectivity index (χ1n) is 6.24. The van der Waals surface area contributed by atoms with Gasteiger partial charge in [0.2, 0.25) is 5.91 Å². The average Bonchev–Trinajstić information content (AvgIpc) is 2.34. The van der Waals surface area contributed by atoms with E-state index in [4.69, 9.17) is 11.6 Å². The molecular formula is C14H21ClN2O. The summed E-state index contributed by atoms with van der Waals surface area (Å²) in [6.07, 6.45) is 0. The minimum Gasteiger partial charge on any atom is -0.355 e. The SMILES string of the molecule is CC(C)CNC(=O)CN[C@H](C)c1ccc(Cl)cc1. The molecule has 0 unspecified atom stereocenters. The zero-order chi connectivity index (χ0) is 13.5. The normalized spacial score (nSPS) is 12.5. The summed E-state index contributed by atoms with van der Waals surface area (Å²) in [5.41, 5.74) is 1.12. The van der Waals surface area contributed by atoms with Crippen LogP contribution in [0, 0.1) is 5.92 Å². The van der Waals surface area contributed by atoms with Crippen molar-refractivity contribution in [1.29, 1.82) is 0 Å². The van der Waals surface area contributed by atoms with E-state index in [1.54, 1.807) is 0 Å². The fraction of sp³-hybridized carbons (Fsp3) is 0.500. The summed E-state index contributed by atoms with van der Waals surface area (Å²) in [5.74, 6) is 0.507. The monoisotopic (exact) mass is 268 g/mol. The summed E-state index contributed by atoms with van der Waals surface area (Å²) in [4.78, 5) is 11.5. The van der Waals surface area contributed by atoms with Crippen LogP contribution in [0.3, 0.4) is 0 Å². The van der Waals surface area contributed by atoms with E-state index in [0.29, 0.717) is 12.5 Å². The molecule has 2 N–H and O–H groups in total. The molecule has 0 spiro atoms. The number of halogens is 1. The predicted octanol–water partition coefficient (Wildman–Crippen LogP) is 2.76. The molecule has 0 bridgehead atoms. The lowest BCUT2D eigenvalue weighted by Gasteiger charge is -2.14. The van der Waals surface area contributed by atoms with Gasteiger partial charge in [-0.25, -0.2) is 0 Å². The van der Waals surface area contributed by atoms with Crippen LogP contribution in [0.4, 0.5) is 0 Å². The predicted molar refractivity (Wildman–Crippen MR) is 75.7 cm³/mol. The van der Waals surface area contributed by atoms with Crippen LogP contribution in [-0.4, -0.2) is 19.0 Å². The van der Waals surface area contributed by atoms with Gasteiger partial charge in [0.05, 0.1) is 6.54 Å². The second-order valence-electron chi connectivity index (χ2n) is 4.85. The highest BCUT2D eigenvalue weighted by Gasteiger charge is 2.07. The van der Waals surface area contributed by atoms with E-state index in [1.165, 1.54) is 0 Å². The van der Waals surface area contributed by atoms with Crippen molar-refractivity contribution in [2.75, 3.05) is 13.1 Å². The second kappa shape index (κ2) is 7.39. The number of carbonyl (C=O) groups is 1. The Morgan fingerprint density at radius 3 is 2.39 bits per heavy atom. The van der Waals surface area contributed by atoms with Gasteiger partial charge in [-0.05, 0) is 30.5 Å². The lowest BCUT2D eigenvalue weighted by Crippen LogP contribution is -2.36. The highest BCUT2D eigenvalue weighted by molar-refractivity contribution is 6.30. The van der Waals surface area contributed by atoms with Gasteiger partial charge in [-0.1, -0.05) is 37.6 Å². The number of carbonyl (C=O) groups excluding carboxylic acids is 1. The fourth-order valence-corrected chi connectivity index (χ4v) is 1.62. The Morgan fingerprint density at radius 2 is 1.83 bits per heavy atom. The Bertz CT molecular complexity index is 376. The maximum Gasteiger partial charge on any atom is 0.233 e. The van der Waals surface area contributed by atoms with E-state index in [1.807, 2.05) is 31.2 Å². The van der Waals surface area contributed by atoms with Crippen LogP contribution in [-0.2, 0) is 4.79 Å². The van der Waals surface area contributed by atoms with Gasteiger partial charge in [0, 0.05) is 17.6 Å². The van der Waals surface area contributed by atoms with Gasteiger partial charge in [-0.15, -0.1) is 0 Å². The van der Waals surface area contributed by atoms with Crippen molar-refractivity contribution in [1.82, 2.24) is 10.6 Å². The first-order valence-corrected chi connectivity index (χ1v) is 6.62. The van der Waals surface area contributed by atoms with Crippen molar-refractivity contribution in [2.45, 2.75) is 26.8 Å². The molecule has 18 heavy (non-hydrogen) atoms. The number of nitrogens with one attached hydrogen (secondary N) is 2. The maximum absolute atomic E-state index is 11.5. The molecule has 0 saturated carbocycles. The van der Waals surface area contributed by atoms with Gasteiger partial charge < -0.3 is 10.6 Å². The Labute approximate surface area is 114 Å². The van der Waals surface area contributed by atoms with Crippen LogP contribution in [0.2, 0.25) is 5.02 Å². The third-order valence-electron chi connectivity index (χ3n) is 2.65. The molecule has 0 fully saturated rings. The molecule has 3 nitrogen and oxygen atoms in total. The molecule has 4 heteroatoms. The topological polar surface area (TPSA) is 41.1 Å². The van der Waals surface area contributed by atoms with E-state index in [2.05, 4.69) is 24.5 Å². The minimum absolute atomic E-state index is 0.0320. The second-order valence-corrected chi connectivity index (χ2v) is 5.29. The standard InChI is InChI=1S/C14H21ClN2O/c1-10(2)8-17-14(18)9-16-11(3)12-4-6-13(15)7-5-12/h4-7,10-11,16H,8-9H2,1-3H3,(H,17,18)/t11-/m1/s1. The van der Waals surface area contributed by atoms with Crippen molar-refractivity contribution in [2.24, 2.45) is 5.92 Å². The molecule has 1 aromatic carbocycles. The summed E-state index contributed by atoms with van der Waals surface area (Å²) in [6, 6.07) is 7.77. The zero-order valence-electron chi connectivity index (χ0n) is 11.2. The molecule has 0 saturated heterocycles. The summed E-state index contributed by atoms with van der Waals surface area (Å²) in [7, 11) is 0. The van der Waals surface area contributed by atoms with Gasteiger partial charge in [0.1, 0.15) is 0 Å². The highest BCUT2D eigenvalue weighted by Crippen LogP contribution is 2.15. The van der Waals surface area contributed by atoms with Gasteiger partial charge in [-0.3, -0.25) is 4.79 Å². The molecular weight excluding hydrogens is 248 g/mol. The van der Waals surface area contributed by atoms with E-state index in [0.717, 1.165) is 17.1 Å². The molecule has 1 atom stereocenters. The highest BCUT2D eigenvalue weighted by atomic mass is 35.5. The van der Waals surface area contributed by atoms with E-state index >= 15 is 0 Å². The molecule has 0 aliphatic rings. The third-order valence-corrected chi connectivity index (χ3v) is 2.90. The summed E-state index contributed by atoms with van der Waals surface area (Å²) >= 11 is 5.83. The Kier molecular flexibility index (Phi) is 6.16. The lowest BCUT2D eigenvalue weighted by molar-refractivity contribution is -0.120. The zero-order valence-corrected chi connectivity index (χ0v) is 11.9. The lowest BCUT2D eigenvalue weighted by atomic mass is 10.1. The Hall–Kier alpha value is -1.06. The molecule has 0 radical (unpaired) electrons. The van der Waals surface area contributed by atoms with Crippen LogP contribution in [0.1, 0.15) is 32.4 Å². The number of amides is 1. The molecule has 0 aliphatic heterocycles. The van der Waals surface area contributed by atoms with Crippen LogP contribution in [0.15, 0.2) is 24.3 Å². The molecule has 1 amide bonds. The van der Waals surface area contributed by atoms with E-state index in [-0.39, 0.29) is 11.9 Å². The molecule has 1 aromatic rings. The molecule has 0 aromatic heterocycles. The summed E-state index contributed by atoms with van der Waals surface area (Å²) in [6.45, 7) is 7.22. The van der Waals surface area contributed by atoms with Gasteiger partial charge in [0.15, 0.2) is 0 Å². The third kappa shape index (κ3) is 5.52. The Balaban J connectivity index is 2.34. The minimum atomic E-state index is 0.0320. The molecule has 1 rings (SSSR count). The molecule has 0 aliphatic carbocycles. The number of hydrogen-bond donors (Lipinski definition) is 2. The van der Waals surface area contributed by atoms with Crippen LogP contribution >= 0.6 is 11.6 Å². The first kappa shape index (κ1) is 15.0. The van der Waals surface area contributed by atoms with Gasteiger partial charge in [-0.2, -0.15) is 0 Å². The van der Waals surface area contributed by atoms with Crippen LogP contribution in [0.5, 0.6) is 0 Å². The van der Waals surface area contributed by atoms with Gasteiger partial charge in [0.25, 0.3) is 0 Å². The Morgan fingerprint density at radius 1 is 1.22 bits per heavy atom. The maximum atomic E-state index is 11.5. The van der Waals surface area contributed by atoms with Crippen LogP contribution < -0.4 is 10.6 Å². The number of hydrogen-bond acceptors (Lipinski definition) is 2. The smallest absolute Gasteiger partial charge is 0.233 e. The van der Waals surface area contributed by atoms with E-state index < -0.39 is 0 Å². The van der Waals surface area contributed by atoms with Crippen molar-refractivity contribution in [3.05, 3.63) is 34.9 Å². The number of benzene rings is 1. The number of rotatable bonds is 6. The van der Waals surface area contributed by atoms with E-state index in [9.17, 15) is 4.79 Å². The molecule has 0 heterocycles. The average molecular weight is 269 g/mol. The summed E-state index contributed by atoms with van der Waals surface area (Å²) < 4.78 is 0. The van der Waals surface area contributed by atoms with Crippen LogP contribution in [0.25, 0.3) is 0 Å². The largest absolute Gasteiger partial charge is 0.355 e. The van der Waals surface area contributed by atoms with Crippen molar-refractivity contribution < 1.29 is 4.79 Å².